The Labute approximate surface area is 199 Å². The van der Waals surface area contributed by atoms with Gasteiger partial charge in [-0.15, -0.1) is 11.3 Å². The summed E-state index contributed by atoms with van der Waals surface area (Å²) in [5.74, 6) is -1.88. The number of primary amides is 1. The van der Waals surface area contributed by atoms with Crippen LogP contribution in [-0.2, 0) is 11.2 Å². The summed E-state index contributed by atoms with van der Waals surface area (Å²) in [6.45, 7) is 0. The van der Waals surface area contributed by atoms with E-state index in [0.717, 1.165) is 27.7 Å². The van der Waals surface area contributed by atoms with E-state index < -0.39 is 24.0 Å². The Morgan fingerprint density at radius 1 is 0.941 bits per heavy atom. The molecule has 1 heterocycles. The van der Waals surface area contributed by atoms with Crippen molar-refractivity contribution >= 4 is 45.0 Å². The highest BCUT2D eigenvalue weighted by Gasteiger charge is 2.27. The van der Waals surface area contributed by atoms with Gasteiger partial charge in [0.25, 0.3) is 11.8 Å². The maximum atomic E-state index is 12.7. The van der Waals surface area contributed by atoms with Crippen molar-refractivity contribution in [2.75, 3.05) is 5.32 Å². The molecule has 0 fully saturated rings. The van der Waals surface area contributed by atoms with Crippen LogP contribution in [0, 0.1) is 0 Å². The second kappa shape index (κ2) is 10.2. The summed E-state index contributed by atoms with van der Waals surface area (Å²) in [5, 5.41) is 19.2. The molecule has 0 saturated heterocycles. The number of nitrogens with one attached hydrogen (secondary N) is 2. The third kappa shape index (κ3) is 5.45. The van der Waals surface area contributed by atoms with E-state index in [0.29, 0.717) is 5.56 Å². The number of thiazole rings is 1. The molecule has 3 amide bonds. The number of carbonyl (C=O) groups is 3. The fourth-order valence-corrected chi connectivity index (χ4v) is 4.17. The monoisotopic (exact) mass is 474 g/mol. The molecule has 9 heteroatoms. The number of aromatic nitrogens is 1. The van der Waals surface area contributed by atoms with Crippen LogP contribution < -0.4 is 16.4 Å². The van der Waals surface area contributed by atoms with Gasteiger partial charge in [-0.25, -0.2) is 4.98 Å². The largest absolute Gasteiger partial charge is 0.381 e. The van der Waals surface area contributed by atoms with Gasteiger partial charge in [0.15, 0.2) is 11.2 Å². The molecule has 4 rings (SSSR count). The minimum absolute atomic E-state index is 0.0496. The zero-order valence-electron chi connectivity index (χ0n) is 18.0. The summed E-state index contributed by atoms with van der Waals surface area (Å²) in [6, 6.07) is 21.2. The molecule has 0 aliphatic rings. The van der Waals surface area contributed by atoms with Gasteiger partial charge in [-0.2, -0.15) is 0 Å². The first-order valence-corrected chi connectivity index (χ1v) is 11.4. The maximum Gasteiger partial charge on any atom is 0.271 e. The molecule has 8 nitrogen and oxygen atoms in total. The van der Waals surface area contributed by atoms with Crippen LogP contribution in [-0.4, -0.2) is 40.0 Å². The van der Waals surface area contributed by atoms with Crippen molar-refractivity contribution in [3.05, 3.63) is 95.0 Å². The SMILES string of the molecule is NC(=O)[C@@H](O)C(Cc1ccccc1)NC(=O)c1csc(NC(=O)c2ccc3ccccc3c2)n1. The fraction of sp³-hybridized carbons (Fsp3) is 0.120. The van der Waals surface area contributed by atoms with E-state index in [-0.39, 0.29) is 23.2 Å². The van der Waals surface area contributed by atoms with Crippen molar-refractivity contribution < 1.29 is 19.5 Å². The lowest BCUT2D eigenvalue weighted by molar-refractivity contribution is -0.127. The predicted octanol–water partition coefficient (Wildman–Crippen LogP) is 2.74. The second-order valence-corrected chi connectivity index (χ2v) is 8.53. The Morgan fingerprint density at radius 2 is 1.65 bits per heavy atom. The summed E-state index contributed by atoms with van der Waals surface area (Å²) in [6.07, 6.45) is -1.37. The highest BCUT2D eigenvalue weighted by atomic mass is 32.1. The van der Waals surface area contributed by atoms with Crippen LogP contribution >= 0.6 is 11.3 Å². The van der Waals surface area contributed by atoms with Gasteiger partial charge in [-0.3, -0.25) is 19.7 Å². The summed E-state index contributed by atoms with van der Waals surface area (Å²) in [4.78, 5) is 41.1. The number of benzene rings is 3. The normalized spacial score (nSPS) is 12.6. The van der Waals surface area contributed by atoms with Crippen molar-refractivity contribution in [3.63, 3.8) is 0 Å². The van der Waals surface area contributed by atoms with E-state index in [1.54, 1.807) is 12.1 Å². The number of amides is 3. The van der Waals surface area contributed by atoms with E-state index >= 15 is 0 Å². The van der Waals surface area contributed by atoms with Crippen molar-refractivity contribution in [1.29, 1.82) is 0 Å². The van der Waals surface area contributed by atoms with Crippen LogP contribution in [0.2, 0.25) is 0 Å². The molecule has 5 N–H and O–H groups in total. The van der Waals surface area contributed by atoms with E-state index in [1.807, 2.05) is 60.7 Å². The summed E-state index contributed by atoms with van der Waals surface area (Å²) >= 11 is 1.09. The molecule has 172 valence electrons. The van der Waals surface area contributed by atoms with Gasteiger partial charge in [0.2, 0.25) is 5.91 Å². The number of anilines is 1. The molecule has 0 aliphatic heterocycles. The average molecular weight is 475 g/mol. The molecule has 34 heavy (non-hydrogen) atoms. The van der Waals surface area contributed by atoms with Gasteiger partial charge in [0.05, 0.1) is 6.04 Å². The van der Waals surface area contributed by atoms with Gasteiger partial charge < -0.3 is 16.2 Å². The minimum atomic E-state index is -1.57. The van der Waals surface area contributed by atoms with E-state index in [2.05, 4.69) is 15.6 Å². The lowest BCUT2D eigenvalue weighted by Crippen LogP contribution is -2.50. The average Bonchev–Trinajstić information content (AvgIpc) is 3.32. The standard InChI is InChI=1S/C25H22N4O4S/c26-22(31)21(30)19(12-15-6-2-1-3-7-15)27-24(33)20-14-34-25(28-20)29-23(32)18-11-10-16-8-4-5-9-17(16)13-18/h1-11,13-14,19,21,30H,12H2,(H2,26,31)(H,27,33)(H,28,29,32)/t19?,21-/m0/s1. The number of rotatable bonds is 8. The molecule has 0 radical (unpaired) electrons. The van der Waals surface area contributed by atoms with Gasteiger partial charge in [-0.1, -0.05) is 60.7 Å². The topological polar surface area (TPSA) is 134 Å². The van der Waals surface area contributed by atoms with Crippen LogP contribution in [0.25, 0.3) is 10.8 Å². The molecule has 0 saturated carbocycles. The number of nitrogens with two attached hydrogens (primary N) is 1. The highest BCUT2D eigenvalue weighted by Crippen LogP contribution is 2.20. The Morgan fingerprint density at radius 3 is 2.38 bits per heavy atom. The third-order valence-electron chi connectivity index (χ3n) is 5.26. The quantitative estimate of drug-likeness (QED) is 0.312. The molecular formula is C25H22N4O4S. The lowest BCUT2D eigenvalue weighted by Gasteiger charge is -2.21. The van der Waals surface area contributed by atoms with Crippen molar-refractivity contribution in [2.45, 2.75) is 18.6 Å². The molecule has 1 aromatic heterocycles. The summed E-state index contributed by atoms with van der Waals surface area (Å²) < 4.78 is 0. The number of fused-ring (bicyclic) bond motifs is 1. The highest BCUT2D eigenvalue weighted by molar-refractivity contribution is 7.14. The first kappa shape index (κ1) is 23.1. The van der Waals surface area contributed by atoms with Gasteiger partial charge in [0.1, 0.15) is 5.69 Å². The van der Waals surface area contributed by atoms with Gasteiger partial charge in [-0.05, 0) is 34.9 Å². The zero-order chi connectivity index (χ0) is 24.1. The number of aliphatic hydroxyl groups is 1. The first-order valence-electron chi connectivity index (χ1n) is 10.5. The molecule has 1 unspecified atom stereocenters. The molecule has 0 aliphatic carbocycles. The number of aliphatic hydroxyl groups excluding tert-OH is 1. The smallest absolute Gasteiger partial charge is 0.271 e. The van der Waals surface area contributed by atoms with Crippen LogP contribution in [0.15, 0.2) is 78.2 Å². The Balaban J connectivity index is 1.44. The number of nitrogens with zero attached hydrogens (tertiary/aromatic N) is 1. The Bertz CT molecular complexity index is 1340. The minimum Gasteiger partial charge on any atom is -0.381 e. The molecule has 0 bridgehead atoms. The van der Waals surface area contributed by atoms with E-state index in [9.17, 15) is 19.5 Å². The number of carbonyl (C=O) groups excluding carboxylic acids is 3. The van der Waals surface area contributed by atoms with Gasteiger partial charge >= 0.3 is 0 Å². The molecule has 2 atom stereocenters. The van der Waals surface area contributed by atoms with Crippen molar-refractivity contribution in [3.8, 4) is 0 Å². The van der Waals surface area contributed by atoms with Gasteiger partial charge in [0, 0.05) is 10.9 Å². The third-order valence-corrected chi connectivity index (χ3v) is 6.01. The number of hydrogen-bond acceptors (Lipinski definition) is 6. The van der Waals surface area contributed by atoms with Crippen LogP contribution in [0.1, 0.15) is 26.4 Å². The first-order chi connectivity index (χ1) is 16.4. The zero-order valence-corrected chi connectivity index (χ0v) is 18.8. The van der Waals surface area contributed by atoms with E-state index in [4.69, 9.17) is 5.73 Å². The second-order valence-electron chi connectivity index (χ2n) is 7.67. The summed E-state index contributed by atoms with van der Waals surface area (Å²) in [7, 11) is 0. The lowest BCUT2D eigenvalue weighted by atomic mass is 10.0. The van der Waals surface area contributed by atoms with Crippen molar-refractivity contribution in [1.82, 2.24) is 10.3 Å². The molecular weight excluding hydrogens is 452 g/mol. The fourth-order valence-electron chi connectivity index (χ4n) is 3.49. The van der Waals surface area contributed by atoms with Crippen LogP contribution in [0.3, 0.4) is 0 Å². The van der Waals surface area contributed by atoms with Crippen LogP contribution in [0.4, 0.5) is 5.13 Å². The number of hydrogen-bond donors (Lipinski definition) is 4. The maximum absolute atomic E-state index is 12.7. The predicted molar refractivity (Wildman–Crippen MR) is 131 cm³/mol. The van der Waals surface area contributed by atoms with E-state index in [1.165, 1.54) is 5.38 Å². The molecule has 3 aromatic carbocycles. The summed E-state index contributed by atoms with van der Waals surface area (Å²) in [5.41, 5.74) is 6.58. The molecule has 4 aromatic rings. The Kier molecular flexibility index (Phi) is 6.95. The Hall–Kier alpha value is -4.08. The van der Waals surface area contributed by atoms with Crippen molar-refractivity contribution in [2.24, 2.45) is 5.73 Å². The molecule has 0 spiro atoms. The van der Waals surface area contributed by atoms with Crippen LogP contribution in [0.5, 0.6) is 0 Å².